The monoisotopic (exact) mass is 242 g/mol. The lowest BCUT2D eigenvalue weighted by molar-refractivity contribution is -0.0560. The van der Waals surface area contributed by atoms with Crippen molar-refractivity contribution in [2.24, 2.45) is 0 Å². The molecule has 3 N–H and O–H groups in total. The zero-order valence-electron chi connectivity index (χ0n) is 9.96. The Labute approximate surface area is 100 Å². The standard InChI is InChI=1S/C12H18O5/c1-3-17-12(10(15)7-13)8-4-5-9(14)11(6-8)16-2/h4-6,10,12-15H,3,7H2,1-2H3/t10-,12-/m0/s1. The number of aromatic hydroxyl groups is 1. The third-order valence-electron chi connectivity index (χ3n) is 2.42. The van der Waals surface area contributed by atoms with Crippen molar-refractivity contribution in [3.8, 4) is 11.5 Å². The molecule has 0 aliphatic heterocycles. The molecular weight excluding hydrogens is 224 g/mol. The van der Waals surface area contributed by atoms with Crippen molar-refractivity contribution in [2.75, 3.05) is 20.3 Å². The first-order chi connectivity index (χ1) is 8.13. The SMILES string of the molecule is CCO[C@@H](c1ccc(O)c(OC)c1)[C@@H](O)CO. The van der Waals surface area contributed by atoms with Crippen molar-refractivity contribution < 1.29 is 24.8 Å². The van der Waals surface area contributed by atoms with E-state index < -0.39 is 18.8 Å². The number of phenols is 1. The highest BCUT2D eigenvalue weighted by Gasteiger charge is 2.22. The number of phenolic OH excluding ortho intramolecular Hbond substituents is 1. The molecule has 0 bridgehead atoms. The Morgan fingerprint density at radius 1 is 1.35 bits per heavy atom. The number of hydrogen-bond acceptors (Lipinski definition) is 5. The summed E-state index contributed by atoms with van der Waals surface area (Å²) in [6.45, 7) is 1.81. The third kappa shape index (κ3) is 3.33. The van der Waals surface area contributed by atoms with E-state index in [0.717, 1.165) is 0 Å². The second-order valence-electron chi connectivity index (χ2n) is 3.56. The highest BCUT2D eigenvalue weighted by atomic mass is 16.5. The first-order valence-electron chi connectivity index (χ1n) is 5.41. The van der Waals surface area contributed by atoms with E-state index >= 15 is 0 Å². The van der Waals surface area contributed by atoms with E-state index in [0.29, 0.717) is 17.9 Å². The summed E-state index contributed by atoms with van der Waals surface area (Å²) in [4.78, 5) is 0. The Hall–Kier alpha value is -1.30. The molecule has 0 saturated heterocycles. The van der Waals surface area contributed by atoms with Crippen LogP contribution in [0.15, 0.2) is 18.2 Å². The van der Waals surface area contributed by atoms with Gasteiger partial charge in [-0.1, -0.05) is 6.07 Å². The summed E-state index contributed by atoms with van der Waals surface area (Å²) in [6, 6.07) is 4.66. The van der Waals surface area contributed by atoms with E-state index in [9.17, 15) is 10.2 Å². The number of ether oxygens (including phenoxy) is 2. The molecule has 0 aliphatic rings. The Morgan fingerprint density at radius 2 is 2.06 bits per heavy atom. The maximum Gasteiger partial charge on any atom is 0.160 e. The minimum atomic E-state index is -1.01. The number of rotatable bonds is 6. The predicted molar refractivity (Wildman–Crippen MR) is 62.1 cm³/mol. The summed E-state index contributed by atoms with van der Waals surface area (Å²) in [5.41, 5.74) is 0.642. The summed E-state index contributed by atoms with van der Waals surface area (Å²) in [5.74, 6) is 0.322. The fraction of sp³-hybridized carbons (Fsp3) is 0.500. The summed E-state index contributed by atoms with van der Waals surface area (Å²) in [6.07, 6.45) is -1.65. The van der Waals surface area contributed by atoms with Crippen LogP contribution < -0.4 is 4.74 Å². The Balaban J connectivity index is 3.01. The van der Waals surface area contributed by atoms with Gasteiger partial charge in [-0.3, -0.25) is 0 Å². The van der Waals surface area contributed by atoms with Crippen molar-refractivity contribution in [1.29, 1.82) is 0 Å². The molecule has 0 spiro atoms. The molecule has 1 aromatic carbocycles. The molecule has 0 unspecified atom stereocenters. The average molecular weight is 242 g/mol. The maximum atomic E-state index is 9.66. The van der Waals surface area contributed by atoms with Gasteiger partial charge in [-0.2, -0.15) is 0 Å². The summed E-state index contributed by atoms with van der Waals surface area (Å²) >= 11 is 0. The molecule has 2 atom stereocenters. The summed E-state index contributed by atoms with van der Waals surface area (Å²) in [7, 11) is 1.44. The van der Waals surface area contributed by atoms with Gasteiger partial charge in [0.15, 0.2) is 11.5 Å². The van der Waals surface area contributed by atoms with Gasteiger partial charge in [-0.15, -0.1) is 0 Å². The highest BCUT2D eigenvalue weighted by molar-refractivity contribution is 5.42. The van der Waals surface area contributed by atoms with Crippen LogP contribution in [0.25, 0.3) is 0 Å². The molecule has 0 aliphatic carbocycles. The van der Waals surface area contributed by atoms with E-state index in [1.807, 2.05) is 0 Å². The van der Waals surface area contributed by atoms with E-state index in [1.54, 1.807) is 19.1 Å². The molecule has 17 heavy (non-hydrogen) atoms. The Bertz CT molecular complexity index is 353. The first kappa shape index (κ1) is 13.8. The summed E-state index contributed by atoms with van der Waals surface area (Å²) < 4.78 is 10.4. The largest absolute Gasteiger partial charge is 0.504 e. The number of aliphatic hydroxyl groups is 2. The second-order valence-corrected chi connectivity index (χ2v) is 3.56. The van der Waals surface area contributed by atoms with Crippen LogP contribution in [0.4, 0.5) is 0 Å². The van der Waals surface area contributed by atoms with Crippen LogP contribution in [0.1, 0.15) is 18.6 Å². The normalized spacial score (nSPS) is 14.4. The Kier molecular flexibility index (Phi) is 5.21. The average Bonchev–Trinajstić information content (AvgIpc) is 2.36. The zero-order chi connectivity index (χ0) is 12.8. The minimum Gasteiger partial charge on any atom is -0.504 e. The van der Waals surface area contributed by atoms with E-state index in [4.69, 9.17) is 14.6 Å². The van der Waals surface area contributed by atoms with Crippen molar-refractivity contribution in [1.82, 2.24) is 0 Å². The van der Waals surface area contributed by atoms with Gasteiger partial charge in [-0.25, -0.2) is 0 Å². The fourth-order valence-corrected chi connectivity index (χ4v) is 1.58. The number of aliphatic hydroxyl groups excluding tert-OH is 2. The van der Waals surface area contributed by atoms with Crippen molar-refractivity contribution >= 4 is 0 Å². The lowest BCUT2D eigenvalue weighted by atomic mass is 10.0. The van der Waals surface area contributed by atoms with Crippen molar-refractivity contribution in [3.05, 3.63) is 23.8 Å². The lowest BCUT2D eigenvalue weighted by Crippen LogP contribution is -2.24. The molecule has 0 heterocycles. The van der Waals surface area contributed by atoms with Gasteiger partial charge < -0.3 is 24.8 Å². The van der Waals surface area contributed by atoms with Crippen LogP contribution in [0.2, 0.25) is 0 Å². The topological polar surface area (TPSA) is 79.2 Å². The minimum absolute atomic E-state index is 0.0185. The first-order valence-corrected chi connectivity index (χ1v) is 5.41. The Morgan fingerprint density at radius 3 is 2.59 bits per heavy atom. The molecule has 0 saturated carbocycles. The number of hydrogen-bond donors (Lipinski definition) is 3. The van der Waals surface area contributed by atoms with Crippen molar-refractivity contribution in [2.45, 2.75) is 19.1 Å². The van der Waals surface area contributed by atoms with Crippen LogP contribution in [0, 0.1) is 0 Å². The molecule has 5 nitrogen and oxygen atoms in total. The van der Waals surface area contributed by atoms with Crippen LogP contribution in [0.5, 0.6) is 11.5 Å². The van der Waals surface area contributed by atoms with Gasteiger partial charge >= 0.3 is 0 Å². The lowest BCUT2D eigenvalue weighted by Gasteiger charge is -2.22. The van der Waals surface area contributed by atoms with E-state index in [1.165, 1.54) is 13.2 Å². The molecule has 0 aromatic heterocycles. The number of benzene rings is 1. The summed E-state index contributed by atoms with van der Waals surface area (Å²) in [5, 5.41) is 28.1. The highest BCUT2D eigenvalue weighted by Crippen LogP contribution is 2.31. The smallest absolute Gasteiger partial charge is 0.160 e. The van der Waals surface area contributed by atoms with Gasteiger partial charge in [0, 0.05) is 6.61 Å². The van der Waals surface area contributed by atoms with Crippen LogP contribution in [0.3, 0.4) is 0 Å². The number of methoxy groups -OCH3 is 1. The van der Waals surface area contributed by atoms with Gasteiger partial charge in [0.1, 0.15) is 12.2 Å². The molecule has 1 rings (SSSR count). The molecule has 0 fully saturated rings. The van der Waals surface area contributed by atoms with Crippen LogP contribution in [-0.2, 0) is 4.74 Å². The molecule has 0 radical (unpaired) electrons. The van der Waals surface area contributed by atoms with Crippen LogP contribution >= 0.6 is 0 Å². The molecule has 1 aromatic rings. The molecular formula is C12H18O5. The van der Waals surface area contributed by atoms with Gasteiger partial charge in [0.05, 0.1) is 13.7 Å². The quantitative estimate of drug-likeness (QED) is 0.688. The maximum absolute atomic E-state index is 9.66. The molecule has 96 valence electrons. The van der Waals surface area contributed by atoms with Gasteiger partial charge in [0.25, 0.3) is 0 Å². The van der Waals surface area contributed by atoms with Gasteiger partial charge in [-0.05, 0) is 24.6 Å². The van der Waals surface area contributed by atoms with Crippen molar-refractivity contribution in [3.63, 3.8) is 0 Å². The van der Waals surface area contributed by atoms with E-state index in [-0.39, 0.29) is 5.75 Å². The van der Waals surface area contributed by atoms with Crippen LogP contribution in [-0.4, -0.2) is 41.7 Å². The fourth-order valence-electron chi connectivity index (χ4n) is 1.58. The second kappa shape index (κ2) is 6.44. The predicted octanol–water partition coefficient (Wildman–Crippen LogP) is 0.832. The third-order valence-corrected chi connectivity index (χ3v) is 2.42. The molecule has 0 amide bonds. The molecule has 5 heteroatoms. The van der Waals surface area contributed by atoms with Gasteiger partial charge in [0.2, 0.25) is 0 Å². The van der Waals surface area contributed by atoms with E-state index in [2.05, 4.69) is 0 Å². The zero-order valence-corrected chi connectivity index (χ0v) is 9.96.